The fourth-order valence-electron chi connectivity index (χ4n) is 0.997. The third-order valence-corrected chi connectivity index (χ3v) is 1.80. The summed E-state index contributed by atoms with van der Waals surface area (Å²) in [7, 11) is 0. The van der Waals surface area contributed by atoms with Gasteiger partial charge < -0.3 is 15.4 Å². The minimum atomic E-state index is -0.994. The van der Waals surface area contributed by atoms with Gasteiger partial charge in [0.2, 0.25) is 0 Å². The highest BCUT2D eigenvalue weighted by Gasteiger charge is 2.13. The van der Waals surface area contributed by atoms with Gasteiger partial charge in [0.15, 0.2) is 0 Å². The van der Waals surface area contributed by atoms with Gasteiger partial charge in [0.05, 0.1) is 12.0 Å². The first-order chi connectivity index (χ1) is 6.13. The summed E-state index contributed by atoms with van der Waals surface area (Å²) in [4.78, 5) is 14.4. The number of hydrogen-bond acceptors (Lipinski definition) is 3. The van der Waals surface area contributed by atoms with E-state index in [0.717, 1.165) is 12.2 Å². The molecule has 0 saturated carbocycles. The molecule has 0 amide bonds. The lowest BCUT2D eigenvalue weighted by atomic mass is 10.2. The number of carboxylic acid groups (broad SMARTS) is 1. The van der Waals surface area contributed by atoms with Gasteiger partial charge in [-0.15, -0.1) is 12.4 Å². The number of nitrogens with zero attached hydrogens (tertiary/aromatic N) is 2. The third kappa shape index (κ3) is 3.35. The molecule has 0 fully saturated rings. The predicted molar refractivity (Wildman–Crippen MR) is 54.5 cm³/mol. The van der Waals surface area contributed by atoms with E-state index >= 15 is 0 Å². The molecule has 5 nitrogen and oxygen atoms in total. The monoisotopic (exact) mass is 219 g/mol. The van der Waals surface area contributed by atoms with Crippen molar-refractivity contribution in [1.29, 1.82) is 0 Å². The minimum Gasteiger partial charge on any atom is -0.480 e. The number of nitrogens with two attached hydrogens (primary N) is 1. The van der Waals surface area contributed by atoms with E-state index in [0.29, 0.717) is 0 Å². The zero-order chi connectivity index (χ0) is 9.84. The highest BCUT2D eigenvalue weighted by Crippen LogP contribution is 1.99. The Bertz CT molecular complexity index is 301. The van der Waals surface area contributed by atoms with Crippen molar-refractivity contribution in [3.63, 3.8) is 0 Å². The lowest BCUT2D eigenvalue weighted by molar-refractivity contribution is -0.138. The number of aromatic nitrogens is 2. The first-order valence-corrected chi connectivity index (χ1v) is 4.12. The SMILES string of the molecule is CCn1cnc(C[C@H](N)C(=O)O)c1.Cl. The molecule has 14 heavy (non-hydrogen) atoms. The van der Waals surface area contributed by atoms with E-state index < -0.39 is 12.0 Å². The van der Waals surface area contributed by atoms with Crippen molar-refractivity contribution >= 4 is 18.4 Å². The van der Waals surface area contributed by atoms with Crippen LogP contribution in [-0.2, 0) is 17.8 Å². The standard InChI is InChI=1S/C8H13N3O2.ClH/c1-2-11-4-6(10-5-11)3-7(9)8(12)13;/h4-5,7H,2-3,9H2,1H3,(H,12,13);1H/t7-;/m0./s1. The number of aliphatic carboxylic acids is 1. The Morgan fingerprint density at radius 2 is 2.43 bits per heavy atom. The van der Waals surface area contributed by atoms with Crippen LogP contribution in [0.1, 0.15) is 12.6 Å². The molecular formula is C8H14ClN3O2. The molecule has 6 heteroatoms. The Morgan fingerprint density at radius 3 is 2.86 bits per heavy atom. The van der Waals surface area contributed by atoms with Crippen molar-refractivity contribution in [1.82, 2.24) is 9.55 Å². The molecule has 0 spiro atoms. The number of hydrogen-bond donors (Lipinski definition) is 2. The summed E-state index contributed by atoms with van der Waals surface area (Å²) in [6.07, 6.45) is 3.76. The molecule has 80 valence electrons. The van der Waals surface area contributed by atoms with Crippen molar-refractivity contribution < 1.29 is 9.90 Å². The first kappa shape index (κ1) is 12.9. The van der Waals surface area contributed by atoms with Crippen LogP contribution in [0.2, 0.25) is 0 Å². The van der Waals surface area contributed by atoms with E-state index in [-0.39, 0.29) is 18.8 Å². The van der Waals surface area contributed by atoms with Crippen molar-refractivity contribution in [3.05, 3.63) is 18.2 Å². The number of rotatable bonds is 4. The van der Waals surface area contributed by atoms with Crippen LogP contribution in [0.3, 0.4) is 0 Å². The number of carboxylic acids is 1. The van der Waals surface area contributed by atoms with Gasteiger partial charge in [-0.3, -0.25) is 4.79 Å². The minimum absolute atomic E-state index is 0. The van der Waals surface area contributed by atoms with Gasteiger partial charge in [0.1, 0.15) is 6.04 Å². The van der Waals surface area contributed by atoms with Gasteiger partial charge in [-0.2, -0.15) is 0 Å². The maximum atomic E-state index is 10.4. The summed E-state index contributed by atoms with van der Waals surface area (Å²) in [6, 6.07) is -0.861. The second kappa shape index (κ2) is 5.62. The molecule has 0 aliphatic carbocycles. The van der Waals surface area contributed by atoms with Gasteiger partial charge in [0, 0.05) is 19.2 Å². The Morgan fingerprint density at radius 1 is 1.79 bits per heavy atom. The van der Waals surface area contributed by atoms with Crippen LogP contribution >= 0.6 is 12.4 Å². The molecule has 1 atom stereocenters. The second-order valence-corrected chi connectivity index (χ2v) is 2.84. The van der Waals surface area contributed by atoms with E-state index in [9.17, 15) is 4.79 Å². The van der Waals surface area contributed by atoms with Crippen molar-refractivity contribution in [2.45, 2.75) is 25.9 Å². The molecule has 0 radical (unpaired) electrons. The molecule has 0 aliphatic rings. The predicted octanol–water partition coefficient (Wildman–Crippen LogP) is 0.279. The lowest BCUT2D eigenvalue weighted by Gasteiger charge is -2.02. The van der Waals surface area contributed by atoms with E-state index in [1.165, 1.54) is 0 Å². The van der Waals surface area contributed by atoms with Crippen molar-refractivity contribution in [2.75, 3.05) is 0 Å². The van der Waals surface area contributed by atoms with E-state index in [2.05, 4.69) is 4.98 Å². The molecule has 3 N–H and O–H groups in total. The van der Waals surface area contributed by atoms with Crippen LogP contribution in [0.4, 0.5) is 0 Å². The van der Waals surface area contributed by atoms with Crippen LogP contribution in [-0.4, -0.2) is 26.7 Å². The summed E-state index contributed by atoms with van der Waals surface area (Å²) in [5.41, 5.74) is 6.07. The van der Waals surface area contributed by atoms with Crippen LogP contribution in [0.15, 0.2) is 12.5 Å². The molecular weight excluding hydrogens is 206 g/mol. The second-order valence-electron chi connectivity index (χ2n) is 2.84. The number of halogens is 1. The van der Waals surface area contributed by atoms with Crippen LogP contribution in [0.25, 0.3) is 0 Å². The summed E-state index contributed by atoms with van der Waals surface area (Å²) < 4.78 is 1.88. The van der Waals surface area contributed by atoms with Gasteiger partial charge in [-0.05, 0) is 6.92 Å². The molecule has 0 aliphatic heterocycles. The fourth-order valence-corrected chi connectivity index (χ4v) is 0.997. The topological polar surface area (TPSA) is 81.1 Å². The Kier molecular flexibility index (Phi) is 5.19. The molecule has 1 aromatic rings. The average Bonchev–Trinajstić information content (AvgIpc) is 2.52. The number of imidazole rings is 1. The molecule has 1 rings (SSSR count). The quantitative estimate of drug-likeness (QED) is 0.762. The van der Waals surface area contributed by atoms with E-state index in [1.807, 2.05) is 17.7 Å². The number of aryl methyl sites for hydroxylation is 1. The fraction of sp³-hybridized carbons (Fsp3) is 0.500. The zero-order valence-electron chi connectivity index (χ0n) is 7.88. The van der Waals surface area contributed by atoms with Crippen molar-refractivity contribution in [3.8, 4) is 0 Å². The Balaban J connectivity index is 0.00000169. The highest BCUT2D eigenvalue weighted by molar-refractivity contribution is 5.85. The molecule has 0 bridgehead atoms. The Hall–Kier alpha value is -1.07. The van der Waals surface area contributed by atoms with Gasteiger partial charge >= 0.3 is 5.97 Å². The average molecular weight is 220 g/mol. The summed E-state index contributed by atoms with van der Waals surface area (Å²) in [6.45, 7) is 2.82. The highest BCUT2D eigenvalue weighted by atomic mass is 35.5. The van der Waals surface area contributed by atoms with Crippen LogP contribution in [0, 0.1) is 0 Å². The maximum Gasteiger partial charge on any atom is 0.320 e. The van der Waals surface area contributed by atoms with E-state index in [4.69, 9.17) is 10.8 Å². The molecule has 0 unspecified atom stereocenters. The summed E-state index contributed by atoms with van der Waals surface area (Å²) in [5.74, 6) is -0.994. The molecule has 1 aromatic heterocycles. The van der Waals surface area contributed by atoms with Crippen LogP contribution < -0.4 is 5.73 Å². The first-order valence-electron chi connectivity index (χ1n) is 4.12. The van der Waals surface area contributed by atoms with Crippen LogP contribution in [0.5, 0.6) is 0 Å². The van der Waals surface area contributed by atoms with Gasteiger partial charge in [0.25, 0.3) is 0 Å². The largest absolute Gasteiger partial charge is 0.480 e. The third-order valence-electron chi connectivity index (χ3n) is 1.80. The normalized spacial score (nSPS) is 11.9. The molecule has 0 aromatic carbocycles. The summed E-state index contributed by atoms with van der Waals surface area (Å²) >= 11 is 0. The lowest BCUT2D eigenvalue weighted by Crippen LogP contribution is -2.32. The Labute approximate surface area is 88.3 Å². The zero-order valence-corrected chi connectivity index (χ0v) is 8.70. The molecule has 1 heterocycles. The van der Waals surface area contributed by atoms with E-state index in [1.54, 1.807) is 6.33 Å². The molecule has 0 saturated heterocycles. The number of carbonyl (C=O) groups is 1. The summed E-state index contributed by atoms with van der Waals surface area (Å²) in [5, 5.41) is 8.55. The maximum absolute atomic E-state index is 10.4. The van der Waals surface area contributed by atoms with Gasteiger partial charge in [-0.1, -0.05) is 0 Å². The van der Waals surface area contributed by atoms with Gasteiger partial charge in [-0.25, -0.2) is 4.98 Å². The smallest absolute Gasteiger partial charge is 0.320 e. The van der Waals surface area contributed by atoms with Crippen molar-refractivity contribution in [2.24, 2.45) is 5.73 Å².